The maximum absolute atomic E-state index is 12.2. The van der Waals surface area contributed by atoms with Gasteiger partial charge in [0.25, 0.3) is 5.91 Å². The van der Waals surface area contributed by atoms with Gasteiger partial charge in [-0.25, -0.2) is 10.8 Å². The van der Waals surface area contributed by atoms with Crippen molar-refractivity contribution in [2.45, 2.75) is 32.2 Å². The van der Waals surface area contributed by atoms with E-state index in [0.717, 1.165) is 25.8 Å². The summed E-state index contributed by atoms with van der Waals surface area (Å²) in [6, 6.07) is 0.332. The average molecular weight is 235 g/mol. The smallest absolute Gasteiger partial charge is 0.274 e. The zero-order valence-electron chi connectivity index (χ0n) is 9.89. The molecule has 1 aromatic rings. The predicted molar refractivity (Wildman–Crippen MR) is 64.2 cm³/mol. The molecule has 6 nitrogen and oxygen atoms in total. The van der Waals surface area contributed by atoms with E-state index in [-0.39, 0.29) is 5.91 Å². The number of carbonyl (C=O) groups excluding carboxylic acids is 1. The average Bonchev–Trinajstić information content (AvgIpc) is 2.86. The van der Waals surface area contributed by atoms with Crippen LogP contribution in [0.1, 0.15) is 36.7 Å². The summed E-state index contributed by atoms with van der Waals surface area (Å²) < 4.78 is 0. The molecule has 0 saturated carbocycles. The maximum atomic E-state index is 12.2. The van der Waals surface area contributed by atoms with Crippen LogP contribution >= 0.6 is 0 Å². The van der Waals surface area contributed by atoms with E-state index in [1.54, 1.807) is 0 Å². The number of nitrogens with zero attached hydrogens (tertiary/aromatic N) is 3. The van der Waals surface area contributed by atoms with Crippen molar-refractivity contribution >= 4 is 11.7 Å². The summed E-state index contributed by atoms with van der Waals surface area (Å²) in [6.45, 7) is 2.90. The Balaban J connectivity index is 2.18. The Labute approximate surface area is 100 Å². The van der Waals surface area contributed by atoms with Crippen LogP contribution in [0, 0.1) is 0 Å². The lowest BCUT2D eigenvalue weighted by molar-refractivity contribution is 0.0727. The minimum absolute atomic E-state index is 0.0565. The summed E-state index contributed by atoms with van der Waals surface area (Å²) in [5.41, 5.74) is 2.74. The standard InChI is InChI=1S/C11H17N5O/c1-2-8-4-3-5-16(8)11(17)9-6-13-7-10(14-9)15-12/h6-8H,2-5,12H2,1H3,(H,14,15). The van der Waals surface area contributed by atoms with Gasteiger partial charge in [0.15, 0.2) is 5.82 Å². The maximum Gasteiger partial charge on any atom is 0.274 e. The first-order chi connectivity index (χ1) is 8.26. The fourth-order valence-electron chi connectivity index (χ4n) is 2.21. The number of nitrogen functional groups attached to an aromatic ring is 1. The SMILES string of the molecule is CCC1CCCN1C(=O)c1cncc(NN)n1. The highest BCUT2D eigenvalue weighted by Gasteiger charge is 2.28. The Bertz CT molecular complexity index is 409. The molecule has 6 heteroatoms. The molecule has 3 N–H and O–H groups in total. The zero-order chi connectivity index (χ0) is 12.3. The van der Waals surface area contributed by atoms with E-state index in [9.17, 15) is 4.79 Å². The first-order valence-corrected chi connectivity index (χ1v) is 5.86. The molecule has 1 aromatic heterocycles. The van der Waals surface area contributed by atoms with Crippen LogP contribution in [0.5, 0.6) is 0 Å². The largest absolute Gasteiger partial charge is 0.334 e. The Morgan fingerprint density at radius 2 is 2.47 bits per heavy atom. The van der Waals surface area contributed by atoms with Gasteiger partial charge in [-0.1, -0.05) is 6.92 Å². The van der Waals surface area contributed by atoms with Crippen molar-refractivity contribution in [1.82, 2.24) is 14.9 Å². The summed E-state index contributed by atoms with van der Waals surface area (Å²) in [5, 5.41) is 0. The molecule has 92 valence electrons. The third-order valence-electron chi connectivity index (χ3n) is 3.11. The highest BCUT2D eigenvalue weighted by molar-refractivity contribution is 5.92. The van der Waals surface area contributed by atoms with E-state index in [4.69, 9.17) is 5.84 Å². The van der Waals surface area contributed by atoms with Gasteiger partial charge in [0.2, 0.25) is 0 Å². The molecule has 1 aliphatic rings. The fourth-order valence-corrected chi connectivity index (χ4v) is 2.21. The minimum Gasteiger partial charge on any atom is -0.334 e. The molecule has 0 aromatic carbocycles. The van der Waals surface area contributed by atoms with Gasteiger partial charge in [0, 0.05) is 12.6 Å². The second kappa shape index (κ2) is 5.09. The molecule has 1 fully saturated rings. The van der Waals surface area contributed by atoms with Crippen molar-refractivity contribution in [3.8, 4) is 0 Å². The number of nitrogens with two attached hydrogens (primary N) is 1. The molecule has 1 unspecified atom stereocenters. The van der Waals surface area contributed by atoms with Crippen molar-refractivity contribution in [3.63, 3.8) is 0 Å². The number of carbonyl (C=O) groups is 1. The van der Waals surface area contributed by atoms with Gasteiger partial charge >= 0.3 is 0 Å². The lowest BCUT2D eigenvalue weighted by atomic mass is 10.1. The Morgan fingerprint density at radius 3 is 3.18 bits per heavy atom. The van der Waals surface area contributed by atoms with Crippen LogP contribution in [0.4, 0.5) is 5.82 Å². The van der Waals surface area contributed by atoms with E-state index in [1.165, 1.54) is 12.4 Å². The summed E-state index contributed by atoms with van der Waals surface area (Å²) >= 11 is 0. The van der Waals surface area contributed by atoms with Crippen LogP contribution in [0.3, 0.4) is 0 Å². The molecule has 1 atom stereocenters. The molecule has 1 aliphatic heterocycles. The molecule has 0 radical (unpaired) electrons. The zero-order valence-corrected chi connectivity index (χ0v) is 9.89. The van der Waals surface area contributed by atoms with E-state index in [0.29, 0.717) is 17.6 Å². The number of rotatable bonds is 3. The summed E-state index contributed by atoms with van der Waals surface area (Å²) in [7, 11) is 0. The second-order valence-electron chi connectivity index (χ2n) is 4.14. The fraction of sp³-hybridized carbons (Fsp3) is 0.545. The van der Waals surface area contributed by atoms with Crippen molar-refractivity contribution in [2.24, 2.45) is 5.84 Å². The second-order valence-corrected chi connectivity index (χ2v) is 4.14. The van der Waals surface area contributed by atoms with Gasteiger partial charge < -0.3 is 10.3 Å². The van der Waals surface area contributed by atoms with Crippen LogP contribution in [0.15, 0.2) is 12.4 Å². The lowest BCUT2D eigenvalue weighted by Crippen LogP contribution is -2.35. The van der Waals surface area contributed by atoms with Crippen LogP contribution in [0.25, 0.3) is 0 Å². The van der Waals surface area contributed by atoms with Gasteiger partial charge in [-0.3, -0.25) is 9.78 Å². The monoisotopic (exact) mass is 235 g/mol. The molecule has 0 aliphatic carbocycles. The van der Waals surface area contributed by atoms with Crippen molar-refractivity contribution in [1.29, 1.82) is 0 Å². The van der Waals surface area contributed by atoms with Gasteiger partial charge in [-0.15, -0.1) is 0 Å². The van der Waals surface area contributed by atoms with Gasteiger partial charge in [-0.05, 0) is 19.3 Å². The quantitative estimate of drug-likeness (QED) is 0.597. The summed E-state index contributed by atoms with van der Waals surface area (Å²) in [6.07, 6.45) is 6.08. The highest BCUT2D eigenvalue weighted by atomic mass is 16.2. The van der Waals surface area contributed by atoms with Crippen LogP contribution in [0.2, 0.25) is 0 Å². The van der Waals surface area contributed by atoms with Gasteiger partial charge in [0.05, 0.1) is 12.4 Å². The first-order valence-electron chi connectivity index (χ1n) is 5.86. The normalized spacial score (nSPS) is 19.4. The van der Waals surface area contributed by atoms with Crippen molar-refractivity contribution in [2.75, 3.05) is 12.0 Å². The predicted octanol–water partition coefficient (Wildman–Crippen LogP) is 0.777. The molecule has 1 amide bonds. The van der Waals surface area contributed by atoms with Gasteiger partial charge in [0.1, 0.15) is 5.69 Å². The number of likely N-dealkylation sites (tertiary alicyclic amines) is 1. The first kappa shape index (κ1) is 11.8. The van der Waals surface area contributed by atoms with E-state index in [2.05, 4.69) is 22.3 Å². The number of anilines is 1. The van der Waals surface area contributed by atoms with E-state index >= 15 is 0 Å². The number of hydrazine groups is 1. The molecular formula is C11H17N5O. The highest BCUT2D eigenvalue weighted by Crippen LogP contribution is 2.21. The van der Waals surface area contributed by atoms with Crippen molar-refractivity contribution in [3.05, 3.63) is 18.1 Å². The van der Waals surface area contributed by atoms with Crippen LogP contribution < -0.4 is 11.3 Å². The molecular weight excluding hydrogens is 218 g/mol. The molecule has 0 bridgehead atoms. The molecule has 2 heterocycles. The number of amides is 1. The Morgan fingerprint density at radius 1 is 1.65 bits per heavy atom. The van der Waals surface area contributed by atoms with E-state index in [1.807, 2.05) is 4.90 Å². The number of aromatic nitrogens is 2. The van der Waals surface area contributed by atoms with Gasteiger partial charge in [-0.2, -0.15) is 0 Å². The number of hydrogen-bond acceptors (Lipinski definition) is 5. The topological polar surface area (TPSA) is 84.1 Å². The third kappa shape index (κ3) is 2.36. The third-order valence-corrected chi connectivity index (χ3v) is 3.11. The summed E-state index contributed by atoms with van der Waals surface area (Å²) in [4.78, 5) is 22.2. The number of nitrogens with one attached hydrogen (secondary N) is 1. The molecule has 1 saturated heterocycles. The minimum atomic E-state index is -0.0565. The molecule has 0 spiro atoms. The van der Waals surface area contributed by atoms with Crippen LogP contribution in [-0.4, -0.2) is 33.4 Å². The number of hydrogen-bond donors (Lipinski definition) is 2. The molecule has 2 rings (SSSR count). The lowest BCUT2D eigenvalue weighted by Gasteiger charge is -2.23. The van der Waals surface area contributed by atoms with Crippen LogP contribution in [-0.2, 0) is 0 Å². The summed E-state index contributed by atoms with van der Waals surface area (Å²) in [5.74, 6) is 5.60. The van der Waals surface area contributed by atoms with Crippen molar-refractivity contribution < 1.29 is 4.79 Å². The van der Waals surface area contributed by atoms with E-state index < -0.39 is 0 Å². The Kier molecular flexibility index (Phi) is 3.53. The molecule has 17 heavy (non-hydrogen) atoms. The Hall–Kier alpha value is -1.69.